The summed E-state index contributed by atoms with van der Waals surface area (Å²) in [6.07, 6.45) is 1.44. The first-order valence-corrected chi connectivity index (χ1v) is 6.98. The summed E-state index contributed by atoms with van der Waals surface area (Å²) in [4.78, 5) is 19.9. The molecular formula is C16H15BN4O. The molecule has 0 bridgehead atoms. The van der Waals surface area contributed by atoms with E-state index in [9.17, 15) is 4.79 Å². The average Bonchev–Trinajstić information content (AvgIpc) is 2.52. The van der Waals surface area contributed by atoms with Crippen molar-refractivity contribution in [1.82, 2.24) is 9.97 Å². The SMILES string of the molecule is Bc1cccc(CNc2ncnc3c(C(N)=O)cccc23)c1. The van der Waals surface area contributed by atoms with Gasteiger partial charge in [-0.05, 0) is 17.7 Å². The number of benzene rings is 2. The van der Waals surface area contributed by atoms with Gasteiger partial charge in [-0.25, -0.2) is 9.97 Å². The van der Waals surface area contributed by atoms with Gasteiger partial charge in [-0.3, -0.25) is 4.79 Å². The Morgan fingerprint density at radius 2 is 2.00 bits per heavy atom. The minimum atomic E-state index is -0.492. The van der Waals surface area contributed by atoms with E-state index in [-0.39, 0.29) is 0 Å². The standard InChI is InChI=1S/C16H15BN4O/c17-11-4-1-3-10(7-11)8-19-16-13-6-2-5-12(15(18)22)14(13)20-9-21-16/h1-7,9H,8,17H2,(H2,18,22)(H,19,20,21). The lowest BCUT2D eigenvalue weighted by molar-refractivity contribution is 0.100. The highest BCUT2D eigenvalue weighted by Gasteiger charge is 2.10. The molecule has 108 valence electrons. The van der Waals surface area contributed by atoms with Crippen molar-refractivity contribution >= 4 is 35.9 Å². The van der Waals surface area contributed by atoms with Gasteiger partial charge in [-0.15, -0.1) is 0 Å². The molecule has 0 saturated heterocycles. The van der Waals surface area contributed by atoms with E-state index in [0.717, 1.165) is 10.9 Å². The second-order valence-electron chi connectivity index (χ2n) is 5.13. The van der Waals surface area contributed by atoms with Crippen LogP contribution < -0.4 is 16.5 Å². The van der Waals surface area contributed by atoms with E-state index in [4.69, 9.17) is 5.73 Å². The molecule has 0 atom stereocenters. The molecule has 3 aromatic rings. The zero-order chi connectivity index (χ0) is 15.5. The van der Waals surface area contributed by atoms with Crippen molar-refractivity contribution in [3.63, 3.8) is 0 Å². The summed E-state index contributed by atoms with van der Waals surface area (Å²) in [5.74, 6) is 0.198. The van der Waals surface area contributed by atoms with Crippen molar-refractivity contribution in [3.05, 3.63) is 59.9 Å². The fraction of sp³-hybridized carbons (Fsp3) is 0.0625. The lowest BCUT2D eigenvalue weighted by atomic mass is 9.94. The van der Waals surface area contributed by atoms with Crippen LogP contribution in [0.25, 0.3) is 10.9 Å². The maximum atomic E-state index is 11.5. The van der Waals surface area contributed by atoms with Crippen LogP contribution in [0, 0.1) is 0 Å². The number of carbonyl (C=O) groups excluding carboxylic acids is 1. The molecule has 0 aliphatic rings. The van der Waals surface area contributed by atoms with Crippen LogP contribution in [0.15, 0.2) is 48.8 Å². The monoisotopic (exact) mass is 290 g/mol. The molecule has 22 heavy (non-hydrogen) atoms. The molecule has 5 nitrogen and oxygen atoms in total. The van der Waals surface area contributed by atoms with Gasteiger partial charge in [0.25, 0.3) is 5.91 Å². The number of primary amides is 1. The van der Waals surface area contributed by atoms with Crippen molar-refractivity contribution in [3.8, 4) is 0 Å². The minimum absolute atomic E-state index is 0.401. The van der Waals surface area contributed by atoms with Gasteiger partial charge in [-0.1, -0.05) is 35.8 Å². The number of nitrogens with zero attached hydrogens (tertiary/aromatic N) is 2. The van der Waals surface area contributed by atoms with E-state index in [1.54, 1.807) is 12.1 Å². The second-order valence-corrected chi connectivity index (χ2v) is 5.13. The highest BCUT2D eigenvalue weighted by Crippen LogP contribution is 2.22. The maximum absolute atomic E-state index is 11.5. The summed E-state index contributed by atoms with van der Waals surface area (Å²) in [7, 11) is 2.06. The zero-order valence-corrected chi connectivity index (χ0v) is 12.2. The highest BCUT2D eigenvalue weighted by atomic mass is 16.1. The number of hydrogen-bond donors (Lipinski definition) is 2. The van der Waals surface area contributed by atoms with E-state index in [0.29, 0.717) is 23.4 Å². The quantitative estimate of drug-likeness (QED) is 0.689. The molecule has 0 fully saturated rings. The first-order valence-electron chi connectivity index (χ1n) is 6.98. The normalized spacial score (nSPS) is 10.5. The molecule has 3 N–H and O–H groups in total. The minimum Gasteiger partial charge on any atom is -0.366 e. The van der Waals surface area contributed by atoms with Gasteiger partial charge in [0.2, 0.25) is 0 Å². The van der Waals surface area contributed by atoms with Crippen LogP contribution in [-0.2, 0) is 6.54 Å². The lowest BCUT2D eigenvalue weighted by Crippen LogP contribution is -2.12. The number of rotatable bonds is 4. The van der Waals surface area contributed by atoms with E-state index in [2.05, 4.69) is 41.3 Å². The van der Waals surface area contributed by atoms with Gasteiger partial charge in [0.05, 0.1) is 11.1 Å². The Balaban J connectivity index is 1.94. The largest absolute Gasteiger partial charge is 0.366 e. The fourth-order valence-electron chi connectivity index (χ4n) is 2.44. The Kier molecular flexibility index (Phi) is 3.74. The lowest BCUT2D eigenvalue weighted by Gasteiger charge is -2.10. The Labute approximate surface area is 129 Å². The molecule has 0 radical (unpaired) electrons. The van der Waals surface area contributed by atoms with Gasteiger partial charge in [0, 0.05) is 11.9 Å². The topological polar surface area (TPSA) is 80.9 Å². The third-order valence-corrected chi connectivity index (χ3v) is 3.47. The number of fused-ring (bicyclic) bond motifs is 1. The van der Waals surface area contributed by atoms with Crippen molar-refractivity contribution in [2.75, 3.05) is 5.32 Å². The van der Waals surface area contributed by atoms with Crippen LogP contribution in [0.2, 0.25) is 0 Å². The third kappa shape index (κ3) is 2.76. The van der Waals surface area contributed by atoms with Crippen molar-refractivity contribution < 1.29 is 4.79 Å². The van der Waals surface area contributed by atoms with Gasteiger partial charge in [-0.2, -0.15) is 0 Å². The van der Waals surface area contributed by atoms with Crippen molar-refractivity contribution in [1.29, 1.82) is 0 Å². The molecular weight excluding hydrogens is 275 g/mol. The van der Waals surface area contributed by atoms with Crippen LogP contribution in [0.5, 0.6) is 0 Å². The van der Waals surface area contributed by atoms with Gasteiger partial charge < -0.3 is 11.1 Å². The number of carbonyl (C=O) groups is 1. The van der Waals surface area contributed by atoms with Crippen LogP contribution in [-0.4, -0.2) is 23.7 Å². The Morgan fingerprint density at radius 1 is 1.18 bits per heavy atom. The Hall–Kier alpha value is -2.89. The van der Waals surface area contributed by atoms with Gasteiger partial charge >= 0.3 is 0 Å². The third-order valence-electron chi connectivity index (χ3n) is 3.47. The van der Waals surface area contributed by atoms with Crippen LogP contribution in [0.4, 0.5) is 5.82 Å². The average molecular weight is 290 g/mol. The molecule has 0 aliphatic heterocycles. The van der Waals surface area contributed by atoms with Gasteiger partial charge in [0.1, 0.15) is 20.0 Å². The van der Waals surface area contributed by atoms with E-state index >= 15 is 0 Å². The fourth-order valence-corrected chi connectivity index (χ4v) is 2.44. The van der Waals surface area contributed by atoms with Crippen molar-refractivity contribution in [2.45, 2.75) is 6.54 Å². The van der Waals surface area contributed by atoms with Gasteiger partial charge in [0.15, 0.2) is 0 Å². The molecule has 0 unspecified atom stereocenters. The molecule has 0 spiro atoms. The highest BCUT2D eigenvalue weighted by molar-refractivity contribution is 6.32. The number of anilines is 1. The Morgan fingerprint density at radius 3 is 2.77 bits per heavy atom. The molecule has 0 saturated carbocycles. The van der Waals surface area contributed by atoms with Crippen LogP contribution in [0.3, 0.4) is 0 Å². The summed E-state index contributed by atoms with van der Waals surface area (Å²) in [6.45, 7) is 0.647. The Bertz CT molecular complexity index is 850. The zero-order valence-electron chi connectivity index (χ0n) is 12.2. The number of amides is 1. The summed E-state index contributed by atoms with van der Waals surface area (Å²) in [5.41, 5.74) is 8.74. The van der Waals surface area contributed by atoms with E-state index < -0.39 is 5.91 Å². The summed E-state index contributed by atoms with van der Waals surface area (Å²) in [5, 5.41) is 4.08. The molecule has 2 aromatic carbocycles. The first kappa shape index (κ1) is 14.1. The predicted molar refractivity (Wildman–Crippen MR) is 90.0 cm³/mol. The number of hydrogen-bond acceptors (Lipinski definition) is 4. The molecule has 0 aliphatic carbocycles. The molecule has 1 aromatic heterocycles. The molecule has 3 rings (SSSR count). The second kappa shape index (κ2) is 5.85. The maximum Gasteiger partial charge on any atom is 0.250 e. The first-order chi connectivity index (χ1) is 10.6. The predicted octanol–water partition coefficient (Wildman–Crippen LogP) is 0.599. The summed E-state index contributed by atoms with van der Waals surface area (Å²) >= 11 is 0. The van der Waals surface area contributed by atoms with E-state index in [1.807, 2.05) is 12.1 Å². The summed E-state index contributed by atoms with van der Waals surface area (Å²) in [6, 6.07) is 13.6. The molecule has 1 heterocycles. The molecule has 1 amide bonds. The van der Waals surface area contributed by atoms with Crippen LogP contribution in [0.1, 0.15) is 15.9 Å². The smallest absolute Gasteiger partial charge is 0.250 e. The number of nitrogens with two attached hydrogens (primary N) is 1. The summed E-state index contributed by atoms with van der Waals surface area (Å²) < 4.78 is 0. The van der Waals surface area contributed by atoms with Crippen molar-refractivity contribution in [2.24, 2.45) is 5.73 Å². The molecule has 6 heteroatoms. The van der Waals surface area contributed by atoms with E-state index in [1.165, 1.54) is 11.8 Å². The number of para-hydroxylation sites is 1. The number of nitrogens with one attached hydrogen (secondary N) is 1. The van der Waals surface area contributed by atoms with Crippen LogP contribution >= 0.6 is 0 Å². The number of aromatic nitrogens is 2.